The number of aromatic nitrogens is 3. The van der Waals surface area contributed by atoms with Gasteiger partial charge < -0.3 is 15.2 Å². The molecule has 0 spiro atoms. The monoisotopic (exact) mass is 270 g/mol. The average molecular weight is 270 g/mol. The van der Waals surface area contributed by atoms with Gasteiger partial charge in [0.2, 0.25) is 0 Å². The Hall–Kier alpha value is -3.09. The number of benzene rings is 1. The summed E-state index contributed by atoms with van der Waals surface area (Å²) in [6.07, 6.45) is 2.58. The summed E-state index contributed by atoms with van der Waals surface area (Å²) in [5, 5.41) is 25.7. The molecule has 0 saturated carbocycles. The van der Waals surface area contributed by atoms with Crippen LogP contribution in [0.1, 0.15) is 15.9 Å². The maximum absolute atomic E-state index is 10.9. The van der Waals surface area contributed by atoms with E-state index < -0.39 is 5.97 Å². The minimum Gasteiger partial charge on any atom is -0.494 e. The molecule has 0 amide bonds. The van der Waals surface area contributed by atoms with E-state index in [4.69, 9.17) is 5.11 Å². The summed E-state index contributed by atoms with van der Waals surface area (Å²) < 4.78 is 0. The highest BCUT2D eigenvalue weighted by molar-refractivity contribution is 6.03. The summed E-state index contributed by atoms with van der Waals surface area (Å²) in [5.74, 6) is -1.01. The molecule has 0 saturated heterocycles. The molecule has 3 rings (SSSR count). The van der Waals surface area contributed by atoms with Crippen LogP contribution in [0.3, 0.4) is 0 Å². The molecule has 2 heterocycles. The topological polar surface area (TPSA) is 114 Å². The number of hydrogen-bond acceptors (Lipinski definition) is 4. The van der Waals surface area contributed by atoms with E-state index in [2.05, 4.69) is 20.2 Å². The fourth-order valence-corrected chi connectivity index (χ4v) is 1.94. The predicted octanol–water partition coefficient (Wildman–Crippen LogP) is 2.05. The SMILES string of the molecule is O=C(O)c1cn[nH]c1N=Cc1c(O)[nH]c2ccccc12. The smallest absolute Gasteiger partial charge is 0.341 e. The van der Waals surface area contributed by atoms with Gasteiger partial charge in [-0.15, -0.1) is 0 Å². The van der Waals surface area contributed by atoms with E-state index >= 15 is 0 Å². The molecule has 0 atom stereocenters. The van der Waals surface area contributed by atoms with Gasteiger partial charge in [0.15, 0.2) is 11.7 Å². The molecule has 7 heteroatoms. The number of carboxylic acids is 1. The average Bonchev–Trinajstić information content (AvgIpc) is 3.00. The number of aliphatic imine (C=N–C) groups is 1. The fraction of sp³-hybridized carbons (Fsp3) is 0. The maximum atomic E-state index is 10.9. The summed E-state index contributed by atoms with van der Waals surface area (Å²) in [6.45, 7) is 0. The van der Waals surface area contributed by atoms with Gasteiger partial charge in [-0.05, 0) is 6.07 Å². The first-order valence-electron chi connectivity index (χ1n) is 5.77. The molecule has 20 heavy (non-hydrogen) atoms. The Balaban J connectivity index is 2.05. The van der Waals surface area contributed by atoms with Crippen molar-refractivity contribution < 1.29 is 15.0 Å². The predicted molar refractivity (Wildman–Crippen MR) is 72.8 cm³/mol. The lowest BCUT2D eigenvalue weighted by atomic mass is 10.2. The number of fused-ring (bicyclic) bond motifs is 1. The van der Waals surface area contributed by atoms with Crippen LogP contribution in [0.2, 0.25) is 0 Å². The van der Waals surface area contributed by atoms with Crippen molar-refractivity contribution in [3.63, 3.8) is 0 Å². The maximum Gasteiger partial charge on any atom is 0.341 e. The summed E-state index contributed by atoms with van der Waals surface area (Å²) in [5.41, 5.74) is 1.24. The Bertz CT molecular complexity index is 816. The molecule has 0 fully saturated rings. The molecule has 7 nitrogen and oxygen atoms in total. The normalized spacial score (nSPS) is 11.4. The van der Waals surface area contributed by atoms with Crippen LogP contribution in [-0.4, -0.2) is 37.6 Å². The van der Waals surface area contributed by atoms with E-state index in [1.165, 1.54) is 12.4 Å². The largest absolute Gasteiger partial charge is 0.494 e. The van der Waals surface area contributed by atoms with Crippen LogP contribution in [0, 0.1) is 0 Å². The third-order valence-corrected chi connectivity index (χ3v) is 2.90. The number of hydrogen-bond donors (Lipinski definition) is 4. The van der Waals surface area contributed by atoms with Crippen molar-refractivity contribution in [2.45, 2.75) is 0 Å². The third-order valence-electron chi connectivity index (χ3n) is 2.90. The summed E-state index contributed by atoms with van der Waals surface area (Å²) in [4.78, 5) is 17.8. The Morgan fingerprint density at radius 2 is 2.15 bits per heavy atom. The van der Waals surface area contributed by atoms with E-state index in [0.717, 1.165) is 10.9 Å². The van der Waals surface area contributed by atoms with Crippen molar-refractivity contribution in [1.29, 1.82) is 0 Å². The number of H-pyrrole nitrogens is 2. The van der Waals surface area contributed by atoms with Crippen molar-refractivity contribution in [3.8, 4) is 5.88 Å². The number of aromatic amines is 2. The van der Waals surface area contributed by atoms with Crippen molar-refractivity contribution in [2.75, 3.05) is 0 Å². The minimum atomic E-state index is -1.12. The van der Waals surface area contributed by atoms with Crippen LogP contribution in [-0.2, 0) is 0 Å². The lowest BCUT2D eigenvalue weighted by Gasteiger charge is -1.93. The first kappa shape index (κ1) is 12.0. The van der Waals surface area contributed by atoms with Crippen LogP contribution in [0.4, 0.5) is 5.82 Å². The Morgan fingerprint density at radius 3 is 2.95 bits per heavy atom. The Labute approximate surface area is 112 Å². The van der Waals surface area contributed by atoms with E-state index in [9.17, 15) is 9.90 Å². The second-order valence-corrected chi connectivity index (χ2v) is 4.13. The van der Waals surface area contributed by atoms with Gasteiger partial charge in [-0.2, -0.15) is 5.10 Å². The molecule has 0 aliphatic rings. The minimum absolute atomic E-state index is 0.0219. The highest BCUT2D eigenvalue weighted by Crippen LogP contribution is 2.26. The van der Waals surface area contributed by atoms with Crippen molar-refractivity contribution >= 4 is 28.9 Å². The Morgan fingerprint density at radius 1 is 1.35 bits per heavy atom. The summed E-state index contributed by atoms with van der Waals surface area (Å²) in [6, 6.07) is 7.34. The zero-order chi connectivity index (χ0) is 14.1. The molecule has 0 aliphatic carbocycles. The van der Waals surface area contributed by atoms with Crippen LogP contribution in [0.25, 0.3) is 10.9 Å². The molecule has 0 aliphatic heterocycles. The van der Waals surface area contributed by atoms with Crippen LogP contribution in [0.15, 0.2) is 35.5 Å². The number of carboxylic acid groups (broad SMARTS) is 1. The first-order valence-corrected chi connectivity index (χ1v) is 5.77. The van der Waals surface area contributed by atoms with Gasteiger partial charge in [-0.25, -0.2) is 9.79 Å². The number of rotatable bonds is 3. The van der Waals surface area contributed by atoms with E-state index in [-0.39, 0.29) is 17.3 Å². The molecular formula is C13H10N4O3. The van der Waals surface area contributed by atoms with Gasteiger partial charge >= 0.3 is 5.97 Å². The van der Waals surface area contributed by atoms with Crippen LogP contribution >= 0.6 is 0 Å². The second-order valence-electron chi connectivity index (χ2n) is 4.13. The van der Waals surface area contributed by atoms with Gasteiger partial charge in [0, 0.05) is 17.1 Å². The molecule has 2 aromatic heterocycles. The Kier molecular flexibility index (Phi) is 2.72. The zero-order valence-corrected chi connectivity index (χ0v) is 10.2. The molecule has 100 valence electrons. The quantitative estimate of drug-likeness (QED) is 0.545. The number of carbonyl (C=O) groups is 1. The lowest BCUT2D eigenvalue weighted by molar-refractivity contribution is 0.0698. The fourth-order valence-electron chi connectivity index (χ4n) is 1.94. The van der Waals surface area contributed by atoms with Gasteiger partial charge in [0.25, 0.3) is 0 Å². The van der Waals surface area contributed by atoms with Crippen molar-refractivity contribution in [1.82, 2.24) is 15.2 Å². The number of nitrogens with zero attached hydrogens (tertiary/aromatic N) is 2. The van der Waals surface area contributed by atoms with Gasteiger partial charge in [0.05, 0.1) is 11.8 Å². The molecule has 0 unspecified atom stereocenters. The number of aromatic carboxylic acids is 1. The number of aromatic hydroxyl groups is 1. The van der Waals surface area contributed by atoms with Gasteiger partial charge in [-0.1, -0.05) is 18.2 Å². The third kappa shape index (κ3) is 1.91. The van der Waals surface area contributed by atoms with Gasteiger partial charge in [0.1, 0.15) is 5.56 Å². The molecule has 1 aromatic carbocycles. The molecular weight excluding hydrogens is 260 g/mol. The summed E-state index contributed by atoms with van der Waals surface area (Å²) in [7, 11) is 0. The van der Waals surface area contributed by atoms with Crippen molar-refractivity contribution in [2.24, 2.45) is 4.99 Å². The first-order chi connectivity index (χ1) is 9.66. The number of nitrogens with one attached hydrogen (secondary N) is 2. The molecule has 4 N–H and O–H groups in total. The molecule has 3 aromatic rings. The van der Waals surface area contributed by atoms with Crippen molar-refractivity contribution in [3.05, 3.63) is 41.6 Å². The van der Waals surface area contributed by atoms with E-state index in [1.807, 2.05) is 24.3 Å². The molecule has 0 radical (unpaired) electrons. The highest BCUT2D eigenvalue weighted by atomic mass is 16.4. The zero-order valence-electron chi connectivity index (χ0n) is 10.2. The second kappa shape index (κ2) is 4.54. The van der Waals surface area contributed by atoms with Gasteiger partial charge in [-0.3, -0.25) is 5.10 Å². The highest BCUT2D eigenvalue weighted by Gasteiger charge is 2.12. The van der Waals surface area contributed by atoms with E-state index in [1.54, 1.807) is 0 Å². The van der Waals surface area contributed by atoms with Crippen LogP contribution in [0.5, 0.6) is 5.88 Å². The molecule has 0 bridgehead atoms. The standard InChI is InChI=1S/C13H10N4O3/c18-12-8(7-3-1-2-4-10(7)16-12)5-14-11-9(13(19)20)6-15-17-11/h1-6,16,18H,(H,15,17)(H,19,20). The summed E-state index contributed by atoms with van der Waals surface area (Å²) >= 11 is 0. The number of para-hydroxylation sites is 1. The van der Waals surface area contributed by atoms with Crippen LogP contribution < -0.4 is 0 Å². The van der Waals surface area contributed by atoms with E-state index in [0.29, 0.717) is 5.56 Å². The lowest BCUT2D eigenvalue weighted by Crippen LogP contribution is -1.93.